The molecule has 1 fully saturated rings. The number of carboxylic acids is 1. The second-order valence-electron chi connectivity index (χ2n) is 8.43. The van der Waals surface area contributed by atoms with Crippen LogP contribution in [0.2, 0.25) is 0 Å². The van der Waals surface area contributed by atoms with Gasteiger partial charge in [-0.15, -0.1) is 0 Å². The summed E-state index contributed by atoms with van der Waals surface area (Å²) < 4.78 is 1.93. The highest BCUT2D eigenvalue weighted by atomic mass is 32.2. The molecule has 0 bridgehead atoms. The SMILES string of the molecule is Cc1ccc2nc(NCC(C)C)c(/C=C3\SC(=S)N(CCCCCC(=O)O)C3=O)c(=O)n2c1. The van der Waals surface area contributed by atoms with Gasteiger partial charge in [-0.05, 0) is 43.4 Å². The topological polar surface area (TPSA) is 104 Å². The van der Waals surface area contributed by atoms with Gasteiger partial charge in [0.15, 0.2) is 0 Å². The van der Waals surface area contributed by atoms with E-state index in [2.05, 4.69) is 24.1 Å². The van der Waals surface area contributed by atoms with Gasteiger partial charge in [0.2, 0.25) is 0 Å². The molecule has 2 aromatic rings. The Labute approximate surface area is 202 Å². The van der Waals surface area contributed by atoms with Crippen molar-refractivity contribution < 1.29 is 14.7 Å². The van der Waals surface area contributed by atoms with Crippen LogP contribution >= 0.6 is 24.0 Å². The fraction of sp³-hybridized carbons (Fsp3) is 0.435. The van der Waals surface area contributed by atoms with E-state index < -0.39 is 5.97 Å². The van der Waals surface area contributed by atoms with Crippen molar-refractivity contribution in [2.45, 2.75) is 46.5 Å². The van der Waals surface area contributed by atoms with Crippen LogP contribution in [0, 0.1) is 12.8 Å². The predicted octanol–water partition coefficient (Wildman–Crippen LogP) is 3.92. The van der Waals surface area contributed by atoms with Gasteiger partial charge in [0.05, 0.1) is 10.5 Å². The summed E-state index contributed by atoms with van der Waals surface area (Å²) >= 11 is 6.56. The molecule has 0 radical (unpaired) electrons. The van der Waals surface area contributed by atoms with E-state index in [1.807, 2.05) is 13.0 Å². The number of nitrogens with zero attached hydrogens (tertiary/aromatic N) is 3. The number of nitrogens with one attached hydrogen (secondary N) is 1. The first kappa shape index (κ1) is 24.9. The third kappa shape index (κ3) is 6.20. The Morgan fingerprint density at radius 3 is 2.73 bits per heavy atom. The number of pyridine rings is 1. The van der Waals surface area contributed by atoms with Crippen molar-refractivity contribution in [2.24, 2.45) is 5.92 Å². The number of hydrogen-bond donors (Lipinski definition) is 2. The number of amides is 1. The van der Waals surface area contributed by atoms with E-state index in [9.17, 15) is 14.4 Å². The number of thioether (sulfide) groups is 1. The van der Waals surface area contributed by atoms with Crippen molar-refractivity contribution in [2.75, 3.05) is 18.4 Å². The van der Waals surface area contributed by atoms with E-state index in [0.29, 0.717) is 64.5 Å². The number of aromatic nitrogens is 2. The molecule has 8 nitrogen and oxygen atoms in total. The second kappa shape index (κ2) is 10.9. The zero-order valence-corrected chi connectivity index (χ0v) is 20.6. The maximum absolute atomic E-state index is 13.3. The summed E-state index contributed by atoms with van der Waals surface area (Å²) in [5.74, 6) is -0.283. The minimum Gasteiger partial charge on any atom is -0.481 e. The van der Waals surface area contributed by atoms with E-state index in [0.717, 1.165) is 5.56 Å². The van der Waals surface area contributed by atoms with Crippen molar-refractivity contribution in [3.8, 4) is 0 Å². The van der Waals surface area contributed by atoms with Crippen LogP contribution in [0.1, 0.15) is 50.7 Å². The Kier molecular flexibility index (Phi) is 8.25. The highest BCUT2D eigenvalue weighted by Crippen LogP contribution is 2.33. The van der Waals surface area contributed by atoms with Gasteiger partial charge < -0.3 is 10.4 Å². The van der Waals surface area contributed by atoms with Gasteiger partial charge in [0, 0.05) is 25.7 Å². The quantitative estimate of drug-likeness (QED) is 0.295. The van der Waals surface area contributed by atoms with E-state index in [1.165, 1.54) is 21.1 Å². The van der Waals surface area contributed by atoms with Gasteiger partial charge in [-0.1, -0.05) is 50.3 Å². The fourth-order valence-electron chi connectivity index (χ4n) is 3.37. The Hall–Kier alpha value is -2.72. The molecule has 3 rings (SSSR count). The summed E-state index contributed by atoms with van der Waals surface area (Å²) in [6.45, 7) is 7.08. The molecule has 3 heterocycles. The van der Waals surface area contributed by atoms with E-state index in [4.69, 9.17) is 17.3 Å². The molecule has 1 aliphatic rings. The first-order valence-electron chi connectivity index (χ1n) is 10.9. The molecule has 1 aliphatic heterocycles. The number of carbonyl (C=O) groups excluding carboxylic acids is 1. The summed E-state index contributed by atoms with van der Waals surface area (Å²) in [5, 5.41) is 12.0. The monoisotopic (exact) mass is 488 g/mol. The summed E-state index contributed by atoms with van der Waals surface area (Å²) in [4.78, 5) is 43.5. The smallest absolute Gasteiger partial charge is 0.303 e. The first-order valence-corrected chi connectivity index (χ1v) is 12.1. The minimum absolute atomic E-state index is 0.114. The molecule has 0 spiro atoms. The summed E-state index contributed by atoms with van der Waals surface area (Å²) in [7, 11) is 0. The predicted molar refractivity (Wildman–Crippen MR) is 136 cm³/mol. The normalized spacial score (nSPS) is 15.3. The molecule has 0 aromatic carbocycles. The van der Waals surface area contributed by atoms with Crippen molar-refractivity contribution in [1.82, 2.24) is 14.3 Å². The van der Waals surface area contributed by atoms with Crippen molar-refractivity contribution in [3.05, 3.63) is 44.7 Å². The molecule has 0 atom stereocenters. The molecule has 0 aliphatic carbocycles. The maximum Gasteiger partial charge on any atom is 0.303 e. The van der Waals surface area contributed by atoms with Crippen LogP contribution in [0.4, 0.5) is 5.82 Å². The lowest BCUT2D eigenvalue weighted by molar-refractivity contribution is -0.137. The number of fused-ring (bicyclic) bond motifs is 1. The standard InChI is InChI=1S/C23H28N4O4S2/c1-14(2)12-24-20-16(21(30)27-13-15(3)8-9-18(27)25-20)11-17-22(31)26(23(32)33-17)10-6-4-5-7-19(28)29/h8-9,11,13-14,24H,4-7,10,12H2,1-3H3,(H,28,29)/b17-11-. The molecule has 176 valence electrons. The Bertz CT molecular complexity index is 1170. The van der Waals surface area contributed by atoms with Crippen LogP contribution in [0.15, 0.2) is 28.0 Å². The second-order valence-corrected chi connectivity index (χ2v) is 10.1. The summed E-state index contributed by atoms with van der Waals surface area (Å²) in [6, 6.07) is 3.69. The number of rotatable bonds is 10. The lowest BCUT2D eigenvalue weighted by Crippen LogP contribution is -2.29. The number of hydrogen-bond acceptors (Lipinski definition) is 7. The van der Waals surface area contributed by atoms with Crippen LogP contribution < -0.4 is 10.9 Å². The number of carbonyl (C=O) groups is 2. The number of aliphatic carboxylic acids is 1. The van der Waals surface area contributed by atoms with Crippen LogP contribution in [-0.4, -0.2) is 48.7 Å². The maximum atomic E-state index is 13.3. The van der Waals surface area contributed by atoms with Gasteiger partial charge in [-0.2, -0.15) is 0 Å². The van der Waals surface area contributed by atoms with Gasteiger partial charge in [-0.25, -0.2) is 4.98 Å². The van der Waals surface area contributed by atoms with Crippen LogP contribution in [0.3, 0.4) is 0 Å². The summed E-state index contributed by atoms with van der Waals surface area (Å²) in [6.07, 6.45) is 5.34. The van der Waals surface area contributed by atoms with Gasteiger partial charge in [0.1, 0.15) is 15.8 Å². The Morgan fingerprint density at radius 2 is 2.03 bits per heavy atom. The Morgan fingerprint density at radius 1 is 1.27 bits per heavy atom. The number of aryl methyl sites for hydroxylation is 1. The fourth-order valence-corrected chi connectivity index (χ4v) is 4.66. The number of carboxylic acid groups (broad SMARTS) is 1. The molecule has 33 heavy (non-hydrogen) atoms. The highest BCUT2D eigenvalue weighted by Gasteiger charge is 2.32. The molecule has 2 N–H and O–H groups in total. The van der Waals surface area contributed by atoms with Gasteiger partial charge in [-0.3, -0.25) is 23.7 Å². The third-order valence-electron chi connectivity index (χ3n) is 5.10. The number of anilines is 1. The minimum atomic E-state index is -0.823. The van der Waals surface area contributed by atoms with Gasteiger partial charge >= 0.3 is 5.97 Å². The average Bonchev–Trinajstić information content (AvgIpc) is 3.01. The van der Waals surface area contributed by atoms with Crippen LogP contribution in [-0.2, 0) is 9.59 Å². The van der Waals surface area contributed by atoms with Crippen molar-refractivity contribution in [3.63, 3.8) is 0 Å². The van der Waals surface area contributed by atoms with E-state index in [-0.39, 0.29) is 17.9 Å². The summed E-state index contributed by atoms with van der Waals surface area (Å²) in [5.41, 5.74) is 1.52. The molecule has 1 saturated heterocycles. The zero-order valence-electron chi connectivity index (χ0n) is 19.0. The number of unbranched alkanes of at least 4 members (excludes halogenated alkanes) is 2. The zero-order chi connectivity index (χ0) is 24.1. The van der Waals surface area contributed by atoms with E-state index >= 15 is 0 Å². The average molecular weight is 489 g/mol. The largest absolute Gasteiger partial charge is 0.481 e. The number of thiocarbonyl (C=S) groups is 1. The van der Waals surface area contributed by atoms with Gasteiger partial charge in [0.25, 0.3) is 11.5 Å². The lowest BCUT2D eigenvalue weighted by atomic mass is 10.2. The lowest BCUT2D eigenvalue weighted by Gasteiger charge is -2.14. The molecule has 0 unspecified atom stereocenters. The molecular formula is C23H28N4O4S2. The Balaban J connectivity index is 1.89. The molecular weight excluding hydrogens is 460 g/mol. The van der Waals surface area contributed by atoms with Crippen LogP contribution in [0.25, 0.3) is 11.7 Å². The van der Waals surface area contributed by atoms with E-state index in [1.54, 1.807) is 18.3 Å². The van der Waals surface area contributed by atoms with Crippen LogP contribution in [0.5, 0.6) is 0 Å². The first-order chi connectivity index (χ1) is 15.7. The van der Waals surface area contributed by atoms with Crippen molar-refractivity contribution >= 4 is 57.7 Å². The van der Waals surface area contributed by atoms with Crippen molar-refractivity contribution in [1.29, 1.82) is 0 Å². The third-order valence-corrected chi connectivity index (χ3v) is 6.48. The molecule has 2 aromatic heterocycles. The molecule has 10 heteroatoms. The molecule has 0 saturated carbocycles. The molecule has 1 amide bonds. The highest BCUT2D eigenvalue weighted by molar-refractivity contribution is 8.26.